The fourth-order valence-electron chi connectivity index (χ4n) is 2.26. The molecule has 5 heteroatoms. The average Bonchev–Trinajstić information content (AvgIpc) is 2.65. The summed E-state index contributed by atoms with van der Waals surface area (Å²) in [5.41, 5.74) is 3.02. The number of likely N-dealkylation sites (N-methyl/N-ethyl adjacent to an activating group) is 1. The first-order valence-electron chi connectivity index (χ1n) is 8.01. The van der Waals surface area contributed by atoms with Crippen LogP contribution in [0.15, 0.2) is 54.6 Å². The molecule has 0 aliphatic heterocycles. The SMILES string of the molecule is CN(CCC#N)C(=O)COC(=O)Cc1ccc(-c2ccccc2)cc1. The molecule has 0 N–H and O–H groups in total. The molecule has 0 unspecified atom stereocenters. The van der Waals surface area contributed by atoms with E-state index in [4.69, 9.17) is 10.00 Å². The number of carbonyl (C=O) groups is 2. The summed E-state index contributed by atoms with van der Waals surface area (Å²) in [5.74, 6) is -0.766. The van der Waals surface area contributed by atoms with Crippen molar-refractivity contribution in [3.05, 3.63) is 60.2 Å². The fourth-order valence-corrected chi connectivity index (χ4v) is 2.26. The summed E-state index contributed by atoms with van der Waals surface area (Å²) < 4.78 is 5.01. The molecule has 0 aromatic heterocycles. The zero-order valence-electron chi connectivity index (χ0n) is 14.1. The lowest BCUT2D eigenvalue weighted by molar-refractivity contribution is -0.150. The summed E-state index contributed by atoms with van der Waals surface area (Å²) in [6.07, 6.45) is 0.369. The van der Waals surface area contributed by atoms with Gasteiger partial charge in [0.15, 0.2) is 6.61 Å². The van der Waals surface area contributed by atoms with E-state index in [9.17, 15) is 9.59 Å². The minimum atomic E-state index is -0.450. The number of hydrogen-bond acceptors (Lipinski definition) is 4. The lowest BCUT2D eigenvalue weighted by Crippen LogP contribution is -2.32. The van der Waals surface area contributed by atoms with Gasteiger partial charge >= 0.3 is 5.97 Å². The van der Waals surface area contributed by atoms with Crippen LogP contribution in [0.1, 0.15) is 12.0 Å². The highest BCUT2D eigenvalue weighted by atomic mass is 16.5. The highest BCUT2D eigenvalue weighted by molar-refractivity contribution is 5.81. The summed E-state index contributed by atoms with van der Waals surface area (Å²) in [4.78, 5) is 25.0. The van der Waals surface area contributed by atoms with Gasteiger partial charge in [-0.25, -0.2) is 0 Å². The summed E-state index contributed by atoms with van der Waals surface area (Å²) in [6.45, 7) is 0.0245. The van der Waals surface area contributed by atoms with Crippen LogP contribution in [0, 0.1) is 11.3 Å². The second-order valence-electron chi connectivity index (χ2n) is 5.62. The van der Waals surface area contributed by atoms with E-state index in [1.54, 1.807) is 7.05 Å². The van der Waals surface area contributed by atoms with E-state index in [-0.39, 0.29) is 25.4 Å². The minimum absolute atomic E-state index is 0.115. The third-order valence-corrected chi connectivity index (χ3v) is 3.75. The molecule has 0 fully saturated rings. The van der Waals surface area contributed by atoms with Gasteiger partial charge in [-0.1, -0.05) is 54.6 Å². The van der Waals surface area contributed by atoms with Crippen molar-refractivity contribution in [2.75, 3.05) is 20.2 Å². The van der Waals surface area contributed by atoms with Gasteiger partial charge in [0.25, 0.3) is 5.91 Å². The molecule has 5 nitrogen and oxygen atoms in total. The van der Waals surface area contributed by atoms with Crippen LogP contribution in [0.5, 0.6) is 0 Å². The number of carbonyl (C=O) groups excluding carboxylic acids is 2. The van der Waals surface area contributed by atoms with Crippen molar-refractivity contribution in [2.24, 2.45) is 0 Å². The van der Waals surface area contributed by atoms with Gasteiger partial charge in [-0.05, 0) is 16.7 Å². The van der Waals surface area contributed by atoms with Gasteiger partial charge in [0.05, 0.1) is 18.9 Å². The molecule has 0 saturated carbocycles. The van der Waals surface area contributed by atoms with Crippen LogP contribution < -0.4 is 0 Å². The number of hydrogen-bond donors (Lipinski definition) is 0. The fraction of sp³-hybridized carbons (Fsp3) is 0.250. The number of ether oxygens (including phenoxy) is 1. The summed E-state index contributed by atoms with van der Waals surface area (Å²) >= 11 is 0. The molecular formula is C20H20N2O3. The molecular weight excluding hydrogens is 316 g/mol. The molecule has 1 amide bonds. The third kappa shape index (κ3) is 5.78. The maximum absolute atomic E-state index is 11.9. The number of nitrogens with zero attached hydrogens (tertiary/aromatic N) is 2. The molecule has 2 rings (SSSR count). The van der Waals surface area contributed by atoms with E-state index in [0.29, 0.717) is 6.54 Å². The van der Waals surface area contributed by atoms with Crippen molar-refractivity contribution < 1.29 is 14.3 Å². The normalized spacial score (nSPS) is 9.92. The highest BCUT2D eigenvalue weighted by Crippen LogP contribution is 2.19. The topological polar surface area (TPSA) is 70.4 Å². The number of nitriles is 1. The first-order valence-corrected chi connectivity index (χ1v) is 8.01. The quantitative estimate of drug-likeness (QED) is 0.729. The molecule has 0 saturated heterocycles. The Morgan fingerprint density at radius 3 is 2.32 bits per heavy atom. The second kappa shape index (κ2) is 9.24. The van der Waals surface area contributed by atoms with Crippen LogP contribution in [0.3, 0.4) is 0 Å². The molecule has 25 heavy (non-hydrogen) atoms. The van der Waals surface area contributed by atoms with Gasteiger partial charge < -0.3 is 9.64 Å². The van der Waals surface area contributed by atoms with Gasteiger partial charge in [0.2, 0.25) is 0 Å². The molecule has 2 aromatic rings. The molecule has 0 spiro atoms. The summed E-state index contributed by atoms with van der Waals surface area (Å²) in [5, 5.41) is 8.50. The van der Waals surface area contributed by atoms with Crippen LogP contribution in [0.25, 0.3) is 11.1 Å². The number of rotatable bonds is 7. The predicted octanol–water partition coefficient (Wildman–Crippen LogP) is 2.81. The van der Waals surface area contributed by atoms with Crippen molar-refractivity contribution in [1.82, 2.24) is 4.90 Å². The van der Waals surface area contributed by atoms with Crippen molar-refractivity contribution in [3.8, 4) is 17.2 Å². The van der Waals surface area contributed by atoms with Crippen molar-refractivity contribution in [2.45, 2.75) is 12.8 Å². The Labute approximate surface area is 147 Å². The Balaban J connectivity index is 1.83. The molecule has 0 heterocycles. The smallest absolute Gasteiger partial charge is 0.310 e. The van der Waals surface area contributed by atoms with Crippen LogP contribution >= 0.6 is 0 Å². The van der Waals surface area contributed by atoms with E-state index < -0.39 is 5.97 Å². The van der Waals surface area contributed by atoms with Gasteiger partial charge in [-0.15, -0.1) is 0 Å². The lowest BCUT2D eigenvalue weighted by Gasteiger charge is -2.15. The first kappa shape index (κ1) is 18.2. The monoisotopic (exact) mass is 336 g/mol. The second-order valence-corrected chi connectivity index (χ2v) is 5.62. The van der Waals surface area contributed by atoms with Crippen molar-refractivity contribution >= 4 is 11.9 Å². The van der Waals surface area contributed by atoms with Crippen molar-refractivity contribution in [3.63, 3.8) is 0 Å². The van der Waals surface area contributed by atoms with E-state index in [1.807, 2.05) is 60.7 Å². The average molecular weight is 336 g/mol. The number of benzene rings is 2. The molecule has 0 aliphatic rings. The molecule has 0 atom stereocenters. The number of esters is 1. The summed E-state index contributed by atoms with van der Waals surface area (Å²) in [6, 6.07) is 19.6. The minimum Gasteiger partial charge on any atom is -0.455 e. The molecule has 0 aliphatic carbocycles. The van der Waals surface area contributed by atoms with Crippen LogP contribution in [-0.4, -0.2) is 37.0 Å². The molecule has 0 bridgehead atoms. The first-order chi connectivity index (χ1) is 12.1. The van der Waals surface area contributed by atoms with E-state index in [2.05, 4.69) is 0 Å². The van der Waals surface area contributed by atoms with Crippen LogP contribution in [-0.2, 0) is 20.7 Å². The molecule has 128 valence electrons. The van der Waals surface area contributed by atoms with Gasteiger partial charge in [0.1, 0.15) is 0 Å². The summed E-state index contributed by atoms with van der Waals surface area (Å²) in [7, 11) is 1.58. The predicted molar refractivity (Wildman–Crippen MR) is 94.4 cm³/mol. The Bertz CT molecular complexity index is 749. The number of amides is 1. The van der Waals surface area contributed by atoms with Gasteiger partial charge in [-0.3, -0.25) is 9.59 Å². The highest BCUT2D eigenvalue weighted by Gasteiger charge is 2.12. The Hall–Kier alpha value is -3.13. The molecule has 2 aromatic carbocycles. The molecule has 0 radical (unpaired) electrons. The van der Waals surface area contributed by atoms with E-state index in [1.165, 1.54) is 4.90 Å². The Morgan fingerprint density at radius 2 is 1.68 bits per heavy atom. The van der Waals surface area contributed by atoms with Crippen LogP contribution in [0.2, 0.25) is 0 Å². The van der Waals surface area contributed by atoms with E-state index in [0.717, 1.165) is 16.7 Å². The van der Waals surface area contributed by atoms with E-state index >= 15 is 0 Å². The van der Waals surface area contributed by atoms with Gasteiger partial charge in [0, 0.05) is 13.6 Å². The Kier molecular flexibility index (Phi) is 6.73. The maximum Gasteiger partial charge on any atom is 0.310 e. The van der Waals surface area contributed by atoms with Crippen LogP contribution in [0.4, 0.5) is 0 Å². The Morgan fingerprint density at radius 1 is 1.04 bits per heavy atom. The zero-order valence-corrected chi connectivity index (χ0v) is 14.1. The third-order valence-electron chi connectivity index (χ3n) is 3.75. The standard InChI is InChI=1S/C20H20N2O3/c1-22(13-5-12-21)19(23)15-25-20(24)14-16-8-10-18(11-9-16)17-6-3-2-4-7-17/h2-4,6-11H,5,13-15H2,1H3. The zero-order chi connectivity index (χ0) is 18.1. The largest absolute Gasteiger partial charge is 0.455 e. The van der Waals surface area contributed by atoms with Gasteiger partial charge in [-0.2, -0.15) is 5.26 Å². The van der Waals surface area contributed by atoms with Crippen molar-refractivity contribution in [1.29, 1.82) is 5.26 Å². The lowest BCUT2D eigenvalue weighted by atomic mass is 10.0. The maximum atomic E-state index is 11.9.